The van der Waals surface area contributed by atoms with E-state index in [1.807, 2.05) is 60.7 Å². The molecule has 3 aromatic carbocycles. The maximum absolute atomic E-state index is 12.8. The number of ether oxygens (including phenoxy) is 1. The molecule has 0 radical (unpaired) electrons. The van der Waals surface area contributed by atoms with Crippen molar-refractivity contribution in [1.29, 1.82) is 0 Å². The Balaban J connectivity index is 1.61. The van der Waals surface area contributed by atoms with Gasteiger partial charge in [-0.05, 0) is 35.4 Å². The summed E-state index contributed by atoms with van der Waals surface area (Å²) in [7, 11) is 0. The highest BCUT2D eigenvalue weighted by Gasteiger charge is 2.37. The molecular weight excluding hydrogens is 407 g/mol. The molecule has 0 saturated carbocycles. The summed E-state index contributed by atoms with van der Waals surface area (Å²) in [5.41, 5.74) is 2.26. The second-order valence-electron chi connectivity index (χ2n) is 6.84. The van der Waals surface area contributed by atoms with Crippen molar-refractivity contribution >= 4 is 17.6 Å². The van der Waals surface area contributed by atoms with E-state index in [9.17, 15) is 18.0 Å². The fourth-order valence-corrected chi connectivity index (χ4v) is 3.39. The summed E-state index contributed by atoms with van der Waals surface area (Å²) in [5, 5.41) is 3.23. The summed E-state index contributed by atoms with van der Waals surface area (Å²) in [6.07, 6.45) is -4.78. The molecule has 0 saturated heterocycles. The Morgan fingerprint density at radius 2 is 1.52 bits per heavy atom. The third kappa shape index (κ3) is 4.85. The number of hydrogen-bond donors (Lipinski definition) is 1. The number of aliphatic imine (C=N–C) groups is 1. The van der Waals surface area contributed by atoms with Crippen LogP contribution < -0.4 is 15.0 Å². The number of benzene rings is 3. The van der Waals surface area contributed by atoms with Crippen molar-refractivity contribution in [2.45, 2.75) is 18.9 Å². The van der Waals surface area contributed by atoms with Crippen molar-refractivity contribution in [3.63, 3.8) is 0 Å². The van der Waals surface area contributed by atoms with Crippen molar-refractivity contribution in [3.05, 3.63) is 96.1 Å². The molecule has 4 rings (SSSR count). The molecule has 1 aliphatic rings. The summed E-state index contributed by atoms with van der Waals surface area (Å²) >= 11 is 0. The molecular formula is C23H18F3N3O2. The summed E-state index contributed by atoms with van der Waals surface area (Å²) < 4.78 is 41.3. The smallest absolute Gasteiger partial charge is 0.406 e. The maximum atomic E-state index is 12.8. The van der Waals surface area contributed by atoms with Gasteiger partial charge in [-0.3, -0.25) is 4.90 Å². The lowest BCUT2D eigenvalue weighted by Gasteiger charge is -2.26. The number of nitrogens with zero attached hydrogens (tertiary/aromatic N) is 2. The molecule has 5 nitrogen and oxygen atoms in total. The summed E-state index contributed by atoms with van der Waals surface area (Å²) in [6.45, 7) is 0.475. The van der Waals surface area contributed by atoms with Gasteiger partial charge in [0.05, 0.1) is 0 Å². The molecule has 0 spiro atoms. The second-order valence-corrected chi connectivity index (χ2v) is 6.84. The van der Waals surface area contributed by atoms with Crippen LogP contribution in [0.4, 0.5) is 23.7 Å². The van der Waals surface area contributed by atoms with Gasteiger partial charge in [0.15, 0.2) is 0 Å². The topological polar surface area (TPSA) is 53.9 Å². The van der Waals surface area contributed by atoms with Crippen molar-refractivity contribution in [2.24, 2.45) is 4.99 Å². The Bertz CT molecular complexity index is 1070. The average molecular weight is 425 g/mol. The maximum Gasteiger partial charge on any atom is 0.573 e. The van der Waals surface area contributed by atoms with Crippen LogP contribution in [0.1, 0.15) is 17.2 Å². The summed E-state index contributed by atoms with van der Waals surface area (Å²) in [6, 6.07) is 23.1. The number of hydrogen-bond acceptors (Lipinski definition) is 3. The minimum absolute atomic E-state index is 0.359. The standard InChI is InChI=1S/C23H18F3N3O2/c24-23(25,26)31-19-13-11-18(12-14-19)29-20(17-9-5-2-6-10-17)21(28-22(29)30)27-15-16-7-3-1-4-8-16/h1-14,20H,15H2,(H,27,28,30). The van der Waals surface area contributed by atoms with Gasteiger partial charge in [-0.25, -0.2) is 4.79 Å². The van der Waals surface area contributed by atoms with Gasteiger partial charge in [-0.15, -0.1) is 13.2 Å². The first-order valence-corrected chi connectivity index (χ1v) is 9.51. The Labute approximate surface area is 176 Å². The van der Waals surface area contributed by atoms with E-state index >= 15 is 0 Å². The molecule has 0 aromatic heterocycles. The molecule has 1 unspecified atom stereocenters. The Kier molecular flexibility index (Phi) is 5.62. The normalized spacial score (nSPS) is 16.2. The predicted molar refractivity (Wildman–Crippen MR) is 111 cm³/mol. The number of alkyl halides is 3. The molecule has 1 atom stereocenters. The minimum Gasteiger partial charge on any atom is -0.406 e. The highest BCUT2D eigenvalue weighted by Crippen LogP contribution is 2.34. The molecule has 2 amide bonds. The summed E-state index contributed by atoms with van der Waals surface area (Å²) in [4.78, 5) is 18.4. The van der Waals surface area contributed by atoms with Crippen LogP contribution in [0.15, 0.2) is 89.9 Å². The quantitative estimate of drug-likeness (QED) is 0.591. The van der Waals surface area contributed by atoms with Gasteiger partial charge in [-0.1, -0.05) is 60.7 Å². The van der Waals surface area contributed by atoms with Gasteiger partial charge in [0.2, 0.25) is 0 Å². The molecule has 3 aromatic rings. The van der Waals surface area contributed by atoms with E-state index in [1.165, 1.54) is 29.2 Å². The van der Waals surface area contributed by atoms with Crippen LogP contribution in [0.25, 0.3) is 0 Å². The molecule has 158 valence electrons. The highest BCUT2D eigenvalue weighted by molar-refractivity contribution is 6.13. The molecule has 0 fully saturated rings. The second kappa shape index (κ2) is 8.51. The first-order chi connectivity index (χ1) is 14.9. The zero-order valence-corrected chi connectivity index (χ0v) is 16.2. The van der Waals surface area contributed by atoms with Crippen LogP contribution in [0.3, 0.4) is 0 Å². The van der Waals surface area contributed by atoms with Crippen molar-refractivity contribution in [3.8, 4) is 5.75 Å². The fraction of sp³-hybridized carbons (Fsp3) is 0.130. The number of carbonyl (C=O) groups excluding carboxylic acids is 1. The van der Waals surface area contributed by atoms with Crippen LogP contribution in [0, 0.1) is 0 Å². The number of amides is 2. The number of amidine groups is 1. The summed E-state index contributed by atoms with van der Waals surface area (Å²) in [5.74, 6) is 0.109. The predicted octanol–water partition coefficient (Wildman–Crippen LogP) is 5.45. The van der Waals surface area contributed by atoms with Crippen LogP contribution in [-0.4, -0.2) is 18.2 Å². The lowest BCUT2D eigenvalue weighted by Crippen LogP contribution is -2.36. The number of urea groups is 1. The number of halogens is 3. The molecule has 31 heavy (non-hydrogen) atoms. The highest BCUT2D eigenvalue weighted by atomic mass is 19.4. The lowest BCUT2D eigenvalue weighted by atomic mass is 10.0. The zero-order chi connectivity index (χ0) is 21.8. The van der Waals surface area contributed by atoms with Crippen LogP contribution >= 0.6 is 0 Å². The van der Waals surface area contributed by atoms with Crippen molar-refractivity contribution in [2.75, 3.05) is 4.90 Å². The lowest BCUT2D eigenvalue weighted by molar-refractivity contribution is -0.274. The molecule has 8 heteroatoms. The van der Waals surface area contributed by atoms with Crippen LogP contribution in [0.2, 0.25) is 0 Å². The average Bonchev–Trinajstić information content (AvgIpc) is 3.09. The Hall–Kier alpha value is -3.81. The number of carbonyl (C=O) groups is 1. The molecule has 1 heterocycles. The zero-order valence-electron chi connectivity index (χ0n) is 16.2. The number of anilines is 1. The van der Waals surface area contributed by atoms with Crippen LogP contribution in [0.5, 0.6) is 5.75 Å². The molecule has 0 aliphatic carbocycles. The van der Waals surface area contributed by atoms with Gasteiger partial charge in [0.1, 0.15) is 17.6 Å². The van der Waals surface area contributed by atoms with Gasteiger partial charge in [-0.2, -0.15) is 4.99 Å². The SMILES string of the molecule is O=C1N=C(NCc2ccccc2)C(c2ccccc2)N1c1ccc(OC(F)(F)F)cc1. The van der Waals surface area contributed by atoms with E-state index in [-0.39, 0.29) is 5.75 Å². The molecule has 0 bridgehead atoms. The van der Waals surface area contributed by atoms with E-state index in [0.717, 1.165) is 11.1 Å². The minimum atomic E-state index is -4.78. The first-order valence-electron chi connectivity index (χ1n) is 9.51. The van der Waals surface area contributed by atoms with Crippen LogP contribution in [-0.2, 0) is 6.54 Å². The number of nitrogens with one attached hydrogen (secondary N) is 1. The van der Waals surface area contributed by atoms with Gasteiger partial charge in [0.25, 0.3) is 0 Å². The largest absolute Gasteiger partial charge is 0.573 e. The van der Waals surface area contributed by atoms with E-state index in [2.05, 4.69) is 15.0 Å². The molecule has 1 aliphatic heterocycles. The van der Waals surface area contributed by atoms with Gasteiger partial charge < -0.3 is 10.1 Å². The van der Waals surface area contributed by atoms with E-state index in [1.54, 1.807) is 0 Å². The Morgan fingerprint density at radius 1 is 0.903 bits per heavy atom. The Morgan fingerprint density at radius 3 is 2.13 bits per heavy atom. The van der Waals surface area contributed by atoms with Gasteiger partial charge in [0, 0.05) is 12.2 Å². The third-order valence-electron chi connectivity index (χ3n) is 4.72. The molecule has 1 N–H and O–H groups in total. The first kappa shape index (κ1) is 20.5. The van der Waals surface area contributed by atoms with Crippen molar-refractivity contribution in [1.82, 2.24) is 5.32 Å². The van der Waals surface area contributed by atoms with Gasteiger partial charge >= 0.3 is 12.4 Å². The number of rotatable bonds is 5. The van der Waals surface area contributed by atoms with E-state index in [4.69, 9.17) is 0 Å². The fourth-order valence-electron chi connectivity index (χ4n) is 3.39. The third-order valence-corrected chi connectivity index (χ3v) is 4.72. The van der Waals surface area contributed by atoms with E-state index < -0.39 is 18.4 Å². The van der Waals surface area contributed by atoms with Crippen molar-refractivity contribution < 1.29 is 22.7 Å². The van der Waals surface area contributed by atoms with E-state index in [0.29, 0.717) is 18.1 Å². The monoisotopic (exact) mass is 425 g/mol.